The number of carbonyl (C=O) groups is 1. The second-order valence-corrected chi connectivity index (χ2v) is 5.56. The minimum Gasteiger partial charge on any atom is -0.492 e. The van der Waals surface area contributed by atoms with E-state index in [2.05, 4.69) is 5.32 Å². The molecular formula is C16H21NO2. The van der Waals surface area contributed by atoms with Crippen LogP contribution in [0.3, 0.4) is 0 Å². The lowest BCUT2D eigenvalue weighted by Gasteiger charge is -2.11. The molecule has 0 radical (unpaired) electrons. The summed E-state index contributed by atoms with van der Waals surface area (Å²) >= 11 is 0. The van der Waals surface area contributed by atoms with E-state index in [9.17, 15) is 4.79 Å². The number of para-hydroxylation sites is 2. The van der Waals surface area contributed by atoms with Crippen LogP contribution < -0.4 is 10.1 Å². The molecule has 0 bridgehead atoms. The standard InChI is InChI=1S/C16H21NO2/c1-2-19-14-10-6-5-9-13(14)17-16(18)15-11-7-3-4-8-12(11)15/h5-6,9-12,15H,2-4,7-8H2,1H3,(H,17,18)/t11-,12+,15?. The summed E-state index contributed by atoms with van der Waals surface area (Å²) in [7, 11) is 0. The molecule has 2 fully saturated rings. The third kappa shape index (κ3) is 2.46. The van der Waals surface area contributed by atoms with Crippen molar-refractivity contribution in [3.8, 4) is 5.75 Å². The van der Waals surface area contributed by atoms with Gasteiger partial charge in [0.05, 0.1) is 12.3 Å². The average molecular weight is 259 g/mol. The Morgan fingerprint density at radius 2 is 1.95 bits per heavy atom. The fourth-order valence-electron chi connectivity index (χ4n) is 3.45. The molecule has 2 aliphatic rings. The molecule has 0 aromatic heterocycles. The van der Waals surface area contributed by atoms with Gasteiger partial charge in [-0.1, -0.05) is 25.0 Å². The first kappa shape index (κ1) is 12.5. The molecular weight excluding hydrogens is 238 g/mol. The van der Waals surface area contributed by atoms with Gasteiger partial charge in [0, 0.05) is 5.92 Å². The number of fused-ring (bicyclic) bond motifs is 1. The van der Waals surface area contributed by atoms with Gasteiger partial charge in [0.1, 0.15) is 5.75 Å². The lowest BCUT2D eigenvalue weighted by Crippen LogP contribution is -2.16. The van der Waals surface area contributed by atoms with Crippen molar-refractivity contribution in [2.45, 2.75) is 32.6 Å². The van der Waals surface area contributed by atoms with E-state index in [1.165, 1.54) is 25.7 Å². The van der Waals surface area contributed by atoms with Crippen LogP contribution in [0, 0.1) is 17.8 Å². The van der Waals surface area contributed by atoms with Crippen LogP contribution in [0.2, 0.25) is 0 Å². The highest BCUT2D eigenvalue weighted by atomic mass is 16.5. The van der Waals surface area contributed by atoms with Crippen molar-refractivity contribution < 1.29 is 9.53 Å². The smallest absolute Gasteiger partial charge is 0.228 e. The number of hydrogen-bond donors (Lipinski definition) is 1. The van der Waals surface area contributed by atoms with Crippen LogP contribution in [0.5, 0.6) is 5.75 Å². The lowest BCUT2D eigenvalue weighted by atomic mass is 10.0. The molecule has 1 aromatic rings. The molecule has 3 nitrogen and oxygen atoms in total. The molecule has 19 heavy (non-hydrogen) atoms. The quantitative estimate of drug-likeness (QED) is 0.899. The Balaban J connectivity index is 1.67. The Labute approximate surface area is 114 Å². The summed E-state index contributed by atoms with van der Waals surface area (Å²) in [4.78, 5) is 12.3. The van der Waals surface area contributed by atoms with Crippen LogP contribution in [-0.2, 0) is 4.79 Å². The van der Waals surface area contributed by atoms with Crippen molar-refractivity contribution >= 4 is 11.6 Å². The Hall–Kier alpha value is -1.51. The lowest BCUT2D eigenvalue weighted by molar-refractivity contribution is -0.117. The molecule has 3 heteroatoms. The number of anilines is 1. The number of carbonyl (C=O) groups excluding carboxylic acids is 1. The molecule has 0 heterocycles. The first-order valence-corrected chi connectivity index (χ1v) is 7.34. The maximum Gasteiger partial charge on any atom is 0.228 e. The molecule has 102 valence electrons. The topological polar surface area (TPSA) is 38.3 Å². The first-order valence-electron chi connectivity index (χ1n) is 7.34. The summed E-state index contributed by atoms with van der Waals surface area (Å²) < 4.78 is 5.54. The Kier molecular flexibility index (Phi) is 3.45. The summed E-state index contributed by atoms with van der Waals surface area (Å²) in [6.07, 6.45) is 5.05. The van der Waals surface area contributed by atoms with Crippen LogP contribution in [0.15, 0.2) is 24.3 Å². The van der Waals surface area contributed by atoms with Gasteiger partial charge in [-0.3, -0.25) is 4.79 Å². The number of nitrogens with one attached hydrogen (secondary N) is 1. The second-order valence-electron chi connectivity index (χ2n) is 5.56. The van der Waals surface area contributed by atoms with E-state index >= 15 is 0 Å². The maximum atomic E-state index is 12.3. The number of benzene rings is 1. The molecule has 1 unspecified atom stereocenters. The number of hydrogen-bond acceptors (Lipinski definition) is 2. The summed E-state index contributed by atoms with van der Waals surface area (Å²) in [5.74, 6) is 2.49. The van der Waals surface area contributed by atoms with E-state index in [0.29, 0.717) is 18.4 Å². The van der Waals surface area contributed by atoms with Crippen LogP contribution >= 0.6 is 0 Å². The Morgan fingerprint density at radius 1 is 1.26 bits per heavy atom. The van der Waals surface area contributed by atoms with Gasteiger partial charge in [0.2, 0.25) is 5.91 Å². The predicted octanol–water partition coefficient (Wildman–Crippen LogP) is 3.46. The predicted molar refractivity (Wildman–Crippen MR) is 75.2 cm³/mol. The molecule has 0 saturated heterocycles. The highest BCUT2D eigenvalue weighted by molar-refractivity contribution is 5.96. The van der Waals surface area contributed by atoms with Crippen molar-refractivity contribution in [3.63, 3.8) is 0 Å². The van der Waals surface area contributed by atoms with Gasteiger partial charge in [0.15, 0.2) is 0 Å². The first-order chi connectivity index (χ1) is 9.31. The van der Waals surface area contributed by atoms with Gasteiger partial charge in [-0.2, -0.15) is 0 Å². The number of amides is 1. The summed E-state index contributed by atoms with van der Waals surface area (Å²) in [6.45, 7) is 2.57. The second kappa shape index (κ2) is 5.24. The number of rotatable bonds is 4. The van der Waals surface area contributed by atoms with Crippen molar-refractivity contribution in [2.24, 2.45) is 17.8 Å². The maximum absolute atomic E-state index is 12.3. The fourth-order valence-corrected chi connectivity index (χ4v) is 3.45. The van der Waals surface area contributed by atoms with E-state index in [4.69, 9.17) is 4.74 Å². The fraction of sp³-hybridized carbons (Fsp3) is 0.562. The molecule has 2 aliphatic carbocycles. The van der Waals surface area contributed by atoms with Gasteiger partial charge < -0.3 is 10.1 Å². The van der Waals surface area contributed by atoms with Gasteiger partial charge in [-0.15, -0.1) is 0 Å². The van der Waals surface area contributed by atoms with Gasteiger partial charge >= 0.3 is 0 Å². The monoisotopic (exact) mass is 259 g/mol. The van der Waals surface area contributed by atoms with Crippen molar-refractivity contribution in [1.29, 1.82) is 0 Å². The van der Waals surface area contributed by atoms with E-state index in [1.807, 2.05) is 31.2 Å². The Bertz CT molecular complexity index is 460. The van der Waals surface area contributed by atoms with Crippen LogP contribution in [0.25, 0.3) is 0 Å². The zero-order valence-corrected chi connectivity index (χ0v) is 11.4. The molecule has 2 saturated carbocycles. The molecule has 0 spiro atoms. The summed E-state index contributed by atoms with van der Waals surface area (Å²) in [5, 5.41) is 3.05. The summed E-state index contributed by atoms with van der Waals surface area (Å²) in [6, 6.07) is 7.67. The minimum atomic E-state index is 0.184. The molecule has 3 rings (SSSR count). The van der Waals surface area contributed by atoms with E-state index in [1.54, 1.807) is 0 Å². The molecule has 1 amide bonds. The number of ether oxygens (including phenoxy) is 1. The minimum absolute atomic E-state index is 0.184. The molecule has 0 aliphatic heterocycles. The van der Waals surface area contributed by atoms with Crippen molar-refractivity contribution in [1.82, 2.24) is 0 Å². The molecule has 3 atom stereocenters. The molecule has 1 aromatic carbocycles. The van der Waals surface area contributed by atoms with Crippen molar-refractivity contribution in [2.75, 3.05) is 11.9 Å². The van der Waals surface area contributed by atoms with E-state index in [-0.39, 0.29) is 11.8 Å². The van der Waals surface area contributed by atoms with Crippen molar-refractivity contribution in [3.05, 3.63) is 24.3 Å². The summed E-state index contributed by atoms with van der Waals surface area (Å²) in [5.41, 5.74) is 0.804. The average Bonchev–Trinajstić information content (AvgIpc) is 3.15. The highest BCUT2D eigenvalue weighted by Crippen LogP contribution is 2.55. The van der Waals surface area contributed by atoms with Crippen LogP contribution in [0.4, 0.5) is 5.69 Å². The van der Waals surface area contributed by atoms with Gasteiger partial charge in [0.25, 0.3) is 0 Å². The van der Waals surface area contributed by atoms with Gasteiger partial charge in [-0.25, -0.2) is 0 Å². The highest BCUT2D eigenvalue weighted by Gasteiger charge is 2.54. The third-order valence-corrected chi connectivity index (χ3v) is 4.40. The van der Waals surface area contributed by atoms with Crippen LogP contribution in [0.1, 0.15) is 32.6 Å². The normalized spacial score (nSPS) is 28.4. The van der Waals surface area contributed by atoms with Crippen LogP contribution in [-0.4, -0.2) is 12.5 Å². The van der Waals surface area contributed by atoms with E-state index < -0.39 is 0 Å². The SMILES string of the molecule is CCOc1ccccc1NC(=O)C1[C@H]2CCCC[C@@H]12. The zero-order chi connectivity index (χ0) is 13.2. The largest absolute Gasteiger partial charge is 0.492 e. The molecule has 1 N–H and O–H groups in total. The third-order valence-electron chi connectivity index (χ3n) is 4.40. The zero-order valence-electron chi connectivity index (χ0n) is 11.4. The van der Waals surface area contributed by atoms with Gasteiger partial charge in [-0.05, 0) is 43.7 Å². The van der Waals surface area contributed by atoms with E-state index in [0.717, 1.165) is 11.4 Å². The Morgan fingerprint density at radius 3 is 2.63 bits per heavy atom.